The summed E-state index contributed by atoms with van der Waals surface area (Å²) in [6.45, 7) is 1.42. The Bertz CT molecular complexity index is 933. The lowest BCUT2D eigenvalue weighted by atomic mass is 9.74. The van der Waals surface area contributed by atoms with Crippen molar-refractivity contribution in [3.63, 3.8) is 0 Å². The molecule has 2 aromatic heterocycles. The molecule has 4 rings (SSSR count). The highest BCUT2D eigenvalue weighted by molar-refractivity contribution is 7.99. The molecule has 1 aliphatic heterocycles. The number of aromatic nitrogens is 3. The summed E-state index contributed by atoms with van der Waals surface area (Å²) in [4.78, 5) is 13.7. The molecule has 1 saturated carbocycles. The minimum Gasteiger partial charge on any atom is -0.381 e. The van der Waals surface area contributed by atoms with Gasteiger partial charge in [0.1, 0.15) is 10.8 Å². The third kappa shape index (κ3) is 4.00. The molecule has 29 heavy (non-hydrogen) atoms. The number of nitrogens with two attached hydrogens (primary N) is 2. The number of alkyl halides is 3. The second kappa shape index (κ2) is 7.64. The summed E-state index contributed by atoms with van der Waals surface area (Å²) in [5.41, 5.74) is 11.5. The minimum absolute atomic E-state index is 0.000770. The molecular formula is C19H23F3N6S. The van der Waals surface area contributed by atoms with Crippen LogP contribution in [0.2, 0.25) is 0 Å². The van der Waals surface area contributed by atoms with Gasteiger partial charge in [-0.25, -0.2) is 9.97 Å². The molecule has 0 radical (unpaired) electrons. The van der Waals surface area contributed by atoms with Gasteiger partial charge in [0.25, 0.3) is 0 Å². The zero-order valence-electron chi connectivity index (χ0n) is 16.7. The normalized spacial score (nSPS) is 22.1. The number of pyridine rings is 1. The molecule has 1 aliphatic carbocycles. The first kappa shape index (κ1) is 18.9. The van der Waals surface area contributed by atoms with Gasteiger partial charge in [0, 0.05) is 30.2 Å². The first-order chi connectivity index (χ1) is 14.2. The van der Waals surface area contributed by atoms with Gasteiger partial charge in [-0.3, -0.25) is 4.98 Å². The van der Waals surface area contributed by atoms with E-state index in [1.165, 1.54) is 12.1 Å². The van der Waals surface area contributed by atoms with Gasteiger partial charge in [-0.05, 0) is 43.2 Å². The van der Waals surface area contributed by atoms with Gasteiger partial charge < -0.3 is 16.4 Å². The Balaban J connectivity index is 1.54. The number of anilines is 2. The molecule has 2 aliphatic rings. The van der Waals surface area contributed by atoms with Crippen LogP contribution >= 0.6 is 11.8 Å². The number of halogens is 3. The van der Waals surface area contributed by atoms with Crippen molar-refractivity contribution in [2.45, 2.75) is 54.2 Å². The molecule has 2 fully saturated rings. The number of rotatable bonds is 3. The fraction of sp³-hybridized carbons (Fsp3) is 0.526. The van der Waals surface area contributed by atoms with Gasteiger partial charge in [0.15, 0.2) is 11.5 Å². The second-order valence-electron chi connectivity index (χ2n) is 7.65. The molecule has 1 spiro atoms. The van der Waals surface area contributed by atoms with Crippen LogP contribution < -0.4 is 16.4 Å². The third-order valence-corrected chi connectivity index (χ3v) is 7.03. The fourth-order valence-corrected chi connectivity index (χ4v) is 5.16. The Labute approximate surface area is 172 Å². The van der Waals surface area contributed by atoms with Gasteiger partial charge in [-0.15, -0.1) is 0 Å². The predicted molar refractivity (Wildman–Crippen MR) is 106 cm³/mol. The molecule has 156 valence electrons. The standard InChI is InChI=1S/C19H23F3N6S/c20-19(21,22)15-12(3-2-8-25-15)29-17-16(24)27-14(11-26-17)28-9-6-18(7-10-28)5-1-4-13(18)23/h2-3,8,11,13H,1,4-7,9-10,23H2,(H2,24,27)/i11D. The van der Waals surface area contributed by atoms with Crippen LogP contribution in [0.5, 0.6) is 0 Å². The Kier molecular flexibility index (Phi) is 4.99. The number of piperidine rings is 1. The van der Waals surface area contributed by atoms with E-state index in [9.17, 15) is 13.2 Å². The fourth-order valence-electron chi connectivity index (χ4n) is 4.30. The Morgan fingerprint density at radius 1 is 1.24 bits per heavy atom. The summed E-state index contributed by atoms with van der Waals surface area (Å²) in [5.74, 6) is 0.362. The highest BCUT2D eigenvalue weighted by atomic mass is 32.2. The van der Waals surface area contributed by atoms with E-state index in [-0.39, 0.29) is 33.4 Å². The van der Waals surface area contributed by atoms with Crippen molar-refractivity contribution in [1.29, 1.82) is 0 Å². The lowest BCUT2D eigenvalue weighted by molar-refractivity contribution is -0.143. The first-order valence-electron chi connectivity index (χ1n) is 10.0. The lowest BCUT2D eigenvalue weighted by Crippen LogP contribution is -2.47. The molecule has 0 bridgehead atoms. The maximum atomic E-state index is 13.2. The zero-order chi connectivity index (χ0) is 21.5. The average Bonchev–Trinajstić information content (AvgIpc) is 3.05. The van der Waals surface area contributed by atoms with Gasteiger partial charge >= 0.3 is 6.18 Å². The van der Waals surface area contributed by atoms with E-state index in [0.29, 0.717) is 30.7 Å². The average molecular weight is 426 g/mol. The van der Waals surface area contributed by atoms with E-state index in [1.807, 2.05) is 4.90 Å². The van der Waals surface area contributed by atoms with E-state index >= 15 is 0 Å². The summed E-state index contributed by atoms with van der Waals surface area (Å²) in [6.07, 6.45) is 1.57. The van der Waals surface area contributed by atoms with Crippen molar-refractivity contribution >= 4 is 23.4 Å². The van der Waals surface area contributed by atoms with Crippen LogP contribution in [0.15, 0.2) is 34.4 Å². The Morgan fingerprint density at radius 2 is 2.00 bits per heavy atom. The molecule has 1 saturated heterocycles. The quantitative estimate of drug-likeness (QED) is 0.774. The largest absolute Gasteiger partial charge is 0.434 e. The first-order valence-corrected chi connectivity index (χ1v) is 10.4. The SMILES string of the molecule is [2H]c1nc(Sc2cccnc2C(F)(F)F)c(N)nc1N1CCC2(CCCC2N)CC1. The number of nitrogens with zero attached hydrogens (tertiary/aromatic N) is 4. The minimum atomic E-state index is -4.60. The van der Waals surface area contributed by atoms with E-state index in [1.54, 1.807) is 0 Å². The maximum Gasteiger partial charge on any atom is 0.434 e. The molecule has 0 aromatic carbocycles. The van der Waals surface area contributed by atoms with Crippen molar-refractivity contribution in [3.05, 3.63) is 30.2 Å². The molecule has 1 atom stereocenters. The highest BCUT2D eigenvalue weighted by Crippen LogP contribution is 2.46. The molecule has 1 unspecified atom stereocenters. The van der Waals surface area contributed by atoms with E-state index in [2.05, 4.69) is 15.0 Å². The summed E-state index contributed by atoms with van der Waals surface area (Å²) in [7, 11) is 0. The van der Waals surface area contributed by atoms with Crippen LogP contribution in [-0.2, 0) is 6.18 Å². The molecular weight excluding hydrogens is 401 g/mol. The second-order valence-corrected chi connectivity index (χ2v) is 8.68. The summed E-state index contributed by atoms with van der Waals surface area (Å²) < 4.78 is 47.9. The Hall–Kier alpha value is -2.07. The highest BCUT2D eigenvalue weighted by Gasteiger charge is 2.43. The van der Waals surface area contributed by atoms with Gasteiger partial charge in [0.2, 0.25) is 0 Å². The van der Waals surface area contributed by atoms with Crippen molar-refractivity contribution in [2.75, 3.05) is 23.7 Å². The molecule has 2 aromatic rings. The topological polar surface area (TPSA) is 93.9 Å². The van der Waals surface area contributed by atoms with E-state index in [4.69, 9.17) is 12.8 Å². The van der Waals surface area contributed by atoms with Crippen LogP contribution in [0.4, 0.5) is 24.8 Å². The molecule has 10 heteroatoms. The number of nitrogen functional groups attached to an aromatic ring is 1. The van der Waals surface area contributed by atoms with Gasteiger partial charge in [0.05, 0.1) is 7.54 Å². The Morgan fingerprint density at radius 3 is 2.66 bits per heavy atom. The van der Waals surface area contributed by atoms with Crippen LogP contribution in [0.25, 0.3) is 0 Å². The third-order valence-electron chi connectivity index (χ3n) is 5.98. The van der Waals surface area contributed by atoms with Gasteiger partial charge in [-0.2, -0.15) is 13.2 Å². The van der Waals surface area contributed by atoms with E-state index < -0.39 is 11.9 Å². The maximum absolute atomic E-state index is 13.2. The molecule has 6 nitrogen and oxygen atoms in total. The zero-order valence-corrected chi connectivity index (χ0v) is 16.6. The van der Waals surface area contributed by atoms with Crippen LogP contribution in [0, 0.1) is 5.41 Å². The van der Waals surface area contributed by atoms with Crippen molar-refractivity contribution in [3.8, 4) is 0 Å². The van der Waals surface area contributed by atoms with E-state index in [0.717, 1.165) is 38.3 Å². The van der Waals surface area contributed by atoms with Crippen molar-refractivity contribution in [1.82, 2.24) is 15.0 Å². The smallest absolute Gasteiger partial charge is 0.381 e. The van der Waals surface area contributed by atoms with Crippen LogP contribution in [0.1, 0.15) is 39.2 Å². The predicted octanol–water partition coefficient (Wildman–Crippen LogP) is 3.72. The summed E-state index contributed by atoms with van der Waals surface area (Å²) in [5, 5.41) is 0.0635. The molecule has 0 amide bonds. The lowest BCUT2D eigenvalue weighted by Gasteiger charge is -2.42. The van der Waals surface area contributed by atoms with Gasteiger partial charge in [-0.1, -0.05) is 18.2 Å². The molecule has 4 N–H and O–H groups in total. The summed E-state index contributed by atoms with van der Waals surface area (Å²) >= 11 is 0.717. The van der Waals surface area contributed by atoms with Crippen molar-refractivity contribution < 1.29 is 14.5 Å². The van der Waals surface area contributed by atoms with Crippen LogP contribution in [-0.4, -0.2) is 34.1 Å². The number of hydrogen-bond donors (Lipinski definition) is 2. The van der Waals surface area contributed by atoms with Crippen molar-refractivity contribution in [2.24, 2.45) is 11.1 Å². The number of hydrogen-bond acceptors (Lipinski definition) is 7. The van der Waals surface area contributed by atoms with Crippen LogP contribution in [0.3, 0.4) is 0 Å². The molecule has 3 heterocycles. The monoisotopic (exact) mass is 425 g/mol. The summed E-state index contributed by atoms with van der Waals surface area (Å²) in [6, 6.07) is 2.93.